The number of likely N-dealkylation sites (tertiary alicyclic amines) is 1. The fourth-order valence-electron chi connectivity index (χ4n) is 4.95. The molecular formula is C16H19NO4. The summed E-state index contributed by atoms with van der Waals surface area (Å²) in [5, 5.41) is 9.42. The standard InChI is InChI=1S/C16H19NO4/c1-6(2)13(16(20)21)17-14(18)11-7-3-4-8(10-5-9(7)10)12(11)15(17)19/h3-4,6-13H,5H2,1-2H3,(H,20,21)/t7-,8-,9-,10-,11+,12+,13+/m0/s1. The maximum atomic E-state index is 12.8. The number of nitrogens with zero attached hydrogens (tertiary/aromatic N) is 1. The number of carbonyl (C=O) groups excluding carboxylic acids is 2. The van der Waals surface area contributed by atoms with Gasteiger partial charge in [-0.2, -0.15) is 0 Å². The molecule has 5 nitrogen and oxygen atoms in total. The van der Waals surface area contributed by atoms with E-state index in [9.17, 15) is 19.5 Å². The summed E-state index contributed by atoms with van der Waals surface area (Å²) >= 11 is 0. The molecule has 112 valence electrons. The lowest BCUT2D eigenvalue weighted by Crippen LogP contribution is -2.48. The molecule has 0 aromatic carbocycles. The van der Waals surface area contributed by atoms with Crippen LogP contribution in [0.4, 0.5) is 0 Å². The highest BCUT2D eigenvalue weighted by Gasteiger charge is 2.68. The van der Waals surface area contributed by atoms with Crippen molar-refractivity contribution in [3.8, 4) is 0 Å². The molecule has 1 aliphatic heterocycles. The molecule has 5 heteroatoms. The molecule has 5 aliphatic rings. The maximum absolute atomic E-state index is 12.8. The van der Waals surface area contributed by atoms with Gasteiger partial charge in [-0.05, 0) is 36.0 Å². The molecule has 2 saturated carbocycles. The maximum Gasteiger partial charge on any atom is 0.327 e. The van der Waals surface area contributed by atoms with E-state index in [1.54, 1.807) is 13.8 Å². The van der Waals surface area contributed by atoms with Crippen LogP contribution in [0.2, 0.25) is 0 Å². The smallest absolute Gasteiger partial charge is 0.327 e. The average Bonchev–Trinajstić information content (AvgIpc) is 3.19. The highest BCUT2D eigenvalue weighted by molar-refractivity contribution is 6.08. The van der Waals surface area contributed by atoms with Crippen molar-refractivity contribution in [2.24, 2.45) is 41.4 Å². The van der Waals surface area contributed by atoms with Crippen molar-refractivity contribution in [2.75, 3.05) is 0 Å². The second kappa shape index (κ2) is 3.96. The zero-order valence-electron chi connectivity index (χ0n) is 12.1. The van der Waals surface area contributed by atoms with Gasteiger partial charge in [0.2, 0.25) is 11.8 Å². The van der Waals surface area contributed by atoms with Crippen LogP contribution < -0.4 is 0 Å². The molecule has 0 aromatic rings. The van der Waals surface area contributed by atoms with E-state index in [1.807, 2.05) is 0 Å². The number of carboxylic acid groups (broad SMARTS) is 1. The summed E-state index contributed by atoms with van der Waals surface area (Å²) in [4.78, 5) is 38.1. The summed E-state index contributed by atoms with van der Waals surface area (Å²) in [7, 11) is 0. The molecule has 0 radical (unpaired) electrons. The zero-order chi connectivity index (χ0) is 15.0. The number of rotatable bonds is 3. The Morgan fingerprint density at radius 3 is 2.00 bits per heavy atom. The Hall–Kier alpha value is -1.65. The lowest BCUT2D eigenvalue weighted by molar-refractivity contribution is -0.157. The van der Waals surface area contributed by atoms with Crippen LogP contribution in [0.1, 0.15) is 20.3 Å². The number of carbonyl (C=O) groups is 3. The quantitative estimate of drug-likeness (QED) is 0.624. The third-order valence-corrected chi connectivity index (χ3v) is 5.86. The SMILES string of the molecule is CC(C)[C@H](C(=O)O)N1C(=O)[C@@H]2[C@H]3C=C[C@@H]([C@@H]4C[C@@H]34)[C@H]2C1=O. The average molecular weight is 289 g/mol. The van der Waals surface area contributed by atoms with Crippen molar-refractivity contribution in [1.82, 2.24) is 4.90 Å². The summed E-state index contributed by atoms with van der Waals surface area (Å²) in [6, 6.07) is -1.04. The number of carboxylic acids is 1. The van der Waals surface area contributed by atoms with Gasteiger partial charge >= 0.3 is 5.97 Å². The Morgan fingerprint density at radius 1 is 1.14 bits per heavy atom. The molecular weight excluding hydrogens is 270 g/mol. The second-order valence-electron chi connectivity index (χ2n) is 7.23. The molecule has 7 atom stereocenters. The van der Waals surface area contributed by atoms with Crippen molar-refractivity contribution < 1.29 is 19.5 Å². The minimum atomic E-state index is -1.09. The van der Waals surface area contributed by atoms with E-state index in [-0.39, 0.29) is 41.4 Å². The fraction of sp³-hybridized carbons (Fsp3) is 0.688. The lowest BCUT2D eigenvalue weighted by Gasteiger charge is -2.37. The third-order valence-electron chi connectivity index (χ3n) is 5.86. The molecule has 0 aromatic heterocycles. The molecule has 5 rings (SSSR count). The first-order valence-corrected chi connectivity index (χ1v) is 7.71. The van der Waals surface area contributed by atoms with E-state index in [0.717, 1.165) is 11.3 Å². The third kappa shape index (κ3) is 1.49. The minimum absolute atomic E-state index is 0.146. The van der Waals surface area contributed by atoms with Crippen molar-refractivity contribution >= 4 is 17.8 Å². The highest BCUT2D eigenvalue weighted by atomic mass is 16.4. The van der Waals surface area contributed by atoms with Crippen molar-refractivity contribution in [1.29, 1.82) is 0 Å². The first-order valence-electron chi connectivity index (χ1n) is 7.71. The number of allylic oxidation sites excluding steroid dienone is 2. The van der Waals surface area contributed by atoms with Gasteiger partial charge in [0.25, 0.3) is 0 Å². The first-order chi connectivity index (χ1) is 9.93. The number of hydrogen-bond acceptors (Lipinski definition) is 3. The molecule has 0 spiro atoms. The molecule has 2 amide bonds. The van der Waals surface area contributed by atoms with Crippen LogP contribution in [-0.4, -0.2) is 33.8 Å². The molecule has 1 N–H and O–H groups in total. The summed E-state index contributed by atoms with van der Waals surface area (Å²) in [5.41, 5.74) is 0. The van der Waals surface area contributed by atoms with Gasteiger partial charge in [0.15, 0.2) is 0 Å². The predicted octanol–water partition coefficient (Wildman–Crippen LogP) is 1.15. The summed E-state index contributed by atoms with van der Waals surface area (Å²) < 4.78 is 0. The monoisotopic (exact) mass is 289 g/mol. The number of amides is 2. The van der Waals surface area contributed by atoms with Gasteiger partial charge < -0.3 is 5.11 Å². The lowest BCUT2D eigenvalue weighted by atomic mass is 9.63. The van der Waals surface area contributed by atoms with Crippen molar-refractivity contribution in [2.45, 2.75) is 26.3 Å². The fourth-order valence-corrected chi connectivity index (χ4v) is 4.95. The van der Waals surface area contributed by atoms with E-state index < -0.39 is 12.0 Å². The van der Waals surface area contributed by atoms with Crippen molar-refractivity contribution in [3.05, 3.63) is 12.2 Å². The summed E-state index contributed by atoms with van der Waals surface area (Å²) in [5.74, 6) is -1.12. The zero-order valence-corrected chi connectivity index (χ0v) is 12.1. The van der Waals surface area contributed by atoms with Crippen LogP contribution >= 0.6 is 0 Å². The number of aliphatic carboxylic acids is 1. The largest absolute Gasteiger partial charge is 0.480 e. The molecule has 2 bridgehead atoms. The summed E-state index contributed by atoms with van der Waals surface area (Å²) in [6.45, 7) is 3.48. The molecule has 1 saturated heterocycles. The minimum Gasteiger partial charge on any atom is -0.480 e. The van der Waals surface area contributed by atoms with Crippen molar-refractivity contribution in [3.63, 3.8) is 0 Å². The Kier molecular flexibility index (Phi) is 2.46. The van der Waals surface area contributed by atoms with Gasteiger partial charge in [0.1, 0.15) is 6.04 Å². The molecule has 0 unspecified atom stereocenters. The highest BCUT2D eigenvalue weighted by Crippen LogP contribution is 2.65. The first kappa shape index (κ1) is 13.0. The van der Waals surface area contributed by atoms with E-state index in [2.05, 4.69) is 12.2 Å². The molecule has 3 fully saturated rings. The topological polar surface area (TPSA) is 74.7 Å². The van der Waals surface area contributed by atoms with Gasteiger partial charge in [0.05, 0.1) is 11.8 Å². The Balaban J connectivity index is 1.73. The molecule has 1 heterocycles. The van der Waals surface area contributed by atoms with Gasteiger partial charge in [-0.15, -0.1) is 0 Å². The van der Waals surface area contributed by atoms with Gasteiger partial charge in [-0.1, -0.05) is 26.0 Å². The Labute approximate surface area is 123 Å². The van der Waals surface area contributed by atoms with E-state index >= 15 is 0 Å². The Morgan fingerprint density at radius 2 is 1.62 bits per heavy atom. The van der Waals surface area contributed by atoms with Crippen LogP contribution in [0.25, 0.3) is 0 Å². The van der Waals surface area contributed by atoms with E-state index in [4.69, 9.17) is 0 Å². The van der Waals surface area contributed by atoms with Crippen LogP contribution in [0.5, 0.6) is 0 Å². The van der Waals surface area contributed by atoms with Crippen LogP contribution in [-0.2, 0) is 14.4 Å². The van der Waals surface area contributed by atoms with E-state index in [1.165, 1.54) is 0 Å². The summed E-state index contributed by atoms with van der Waals surface area (Å²) in [6.07, 6.45) is 5.31. The predicted molar refractivity (Wildman–Crippen MR) is 72.8 cm³/mol. The van der Waals surface area contributed by atoms with Crippen LogP contribution in [0.3, 0.4) is 0 Å². The number of hydrogen-bond donors (Lipinski definition) is 1. The Bertz CT molecular complexity index is 545. The van der Waals surface area contributed by atoms with Gasteiger partial charge in [0, 0.05) is 0 Å². The normalized spacial score (nSPS) is 44.0. The molecule has 21 heavy (non-hydrogen) atoms. The van der Waals surface area contributed by atoms with Gasteiger partial charge in [-0.25, -0.2) is 4.79 Å². The van der Waals surface area contributed by atoms with Gasteiger partial charge in [-0.3, -0.25) is 14.5 Å². The second-order valence-corrected chi connectivity index (χ2v) is 7.23. The van der Waals surface area contributed by atoms with Crippen LogP contribution in [0.15, 0.2) is 12.2 Å². The van der Waals surface area contributed by atoms with E-state index in [0.29, 0.717) is 11.8 Å². The number of imide groups is 1. The molecule has 4 aliphatic carbocycles. The van der Waals surface area contributed by atoms with Crippen LogP contribution in [0, 0.1) is 41.4 Å².